The molecule has 0 aliphatic heterocycles. The zero-order valence-electron chi connectivity index (χ0n) is 12.8. The molecule has 1 rings (SSSR count). The molecule has 1 saturated carbocycles. The SMILES string of the molecule is COC(=O)C(CC(C)C)NC(=O)NCC1(C(=O)O)CCC1. The van der Waals surface area contributed by atoms with E-state index >= 15 is 0 Å². The first-order valence-electron chi connectivity index (χ1n) is 7.16. The van der Waals surface area contributed by atoms with Gasteiger partial charge in [-0.3, -0.25) is 4.79 Å². The first kappa shape index (κ1) is 17.3. The van der Waals surface area contributed by atoms with Gasteiger partial charge in [-0.25, -0.2) is 9.59 Å². The van der Waals surface area contributed by atoms with E-state index in [1.165, 1.54) is 7.11 Å². The third kappa shape index (κ3) is 4.61. The molecular weight excluding hydrogens is 276 g/mol. The van der Waals surface area contributed by atoms with Crippen LogP contribution in [0, 0.1) is 11.3 Å². The van der Waals surface area contributed by atoms with Crippen LogP contribution < -0.4 is 10.6 Å². The van der Waals surface area contributed by atoms with Crippen molar-refractivity contribution in [3.63, 3.8) is 0 Å². The molecule has 1 aliphatic rings. The molecule has 3 N–H and O–H groups in total. The van der Waals surface area contributed by atoms with Crippen LogP contribution in [0.25, 0.3) is 0 Å². The number of rotatable bonds is 7. The van der Waals surface area contributed by atoms with Crippen molar-refractivity contribution in [2.75, 3.05) is 13.7 Å². The van der Waals surface area contributed by atoms with E-state index in [9.17, 15) is 19.5 Å². The smallest absolute Gasteiger partial charge is 0.328 e. The zero-order valence-corrected chi connectivity index (χ0v) is 12.8. The maximum absolute atomic E-state index is 11.8. The van der Waals surface area contributed by atoms with E-state index in [1.807, 2.05) is 13.8 Å². The van der Waals surface area contributed by atoms with Gasteiger partial charge in [0.2, 0.25) is 0 Å². The molecule has 0 aromatic rings. The Morgan fingerprint density at radius 1 is 1.29 bits per heavy atom. The Morgan fingerprint density at radius 3 is 2.29 bits per heavy atom. The number of carboxylic acids is 1. The highest BCUT2D eigenvalue weighted by Crippen LogP contribution is 2.40. The highest BCUT2D eigenvalue weighted by atomic mass is 16.5. The molecule has 1 aliphatic carbocycles. The van der Waals surface area contributed by atoms with Crippen LogP contribution >= 0.6 is 0 Å². The maximum atomic E-state index is 11.8. The van der Waals surface area contributed by atoms with Gasteiger partial charge in [0, 0.05) is 6.54 Å². The molecule has 0 aromatic carbocycles. The Labute approximate surface area is 124 Å². The summed E-state index contributed by atoms with van der Waals surface area (Å²) < 4.78 is 4.65. The normalized spacial score (nSPS) is 17.5. The second-order valence-electron chi connectivity index (χ2n) is 5.97. The van der Waals surface area contributed by atoms with Crippen LogP contribution in [-0.2, 0) is 14.3 Å². The molecule has 1 unspecified atom stereocenters. The quantitative estimate of drug-likeness (QED) is 0.611. The summed E-state index contributed by atoms with van der Waals surface area (Å²) in [7, 11) is 1.27. The van der Waals surface area contributed by atoms with E-state index in [-0.39, 0.29) is 12.5 Å². The van der Waals surface area contributed by atoms with Gasteiger partial charge in [0.15, 0.2) is 0 Å². The summed E-state index contributed by atoms with van der Waals surface area (Å²) in [6.07, 6.45) is 2.45. The van der Waals surface area contributed by atoms with Gasteiger partial charge in [0.05, 0.1) is 12.5 Å². The molecule has 1 atom stereocenters. The van der Waals surface area contributed by atoms with Gasteiger partial charge in [0.25, 0.3) is 0 Å². The molecule has 120 valence electrons. The zero-order chi connectivity index (χ0) is 16.0. The summed E-state index contributed by atoms with van der Waals surface area (Å²) in [4.78, 5) is 34.6. The standard InChI is InChI=1S/C14H24N2O5/c1-9(2)7-10(11(17)21-3)16-13(20)15-8-14(12(18)19)5-4-6-14/h9-10H,4-8H2,1-3H3,(H,18,19)(H2,15,16,20). The number of carboxylic acid groups (broad SMARTS) is 1. The number of carbonyl (C=O) groups excluding carboxylic acids is 2. The Kier molecular flexibility index (Phi) is 5.99. The minimum absolute atomic E-state index is 0.0732. The van der Waals surface area contributed by atoms with E-state index < -0.39 is 29.4 Å². The third-order valence-electron chi connectivity index (χ3n) is 3.85. The highest BCUT2D eigenvalue weighted by molar-refractivity contribution is 5.84. The number of methoxy groups -OCH3 is 1. The molecule has 0 spiro atoms. The van der Waals surface area contributed by atoms with Crippen LogP contribution in [0.4, 0.5) is 4.79 Å². The summed E-state index contributed by atoms with van der Waals surface area (Å²) in [5.74, 6) is -1.18. The summed E-state index contributed by atoms with van der Waals surface area (Å²) in [6.45, 7) is 3.94. The van der Waals surface area contributed by atoms with Crippen molar-refractivity contribution in [1.82, 2.24) is 10.6 Å². The number of carbonyl (C=O) groups is 3. The molecule has 1 fully saturated rings. The van der Waals surface area contributed by atoms with Crippen molar-refractivity contribution in [2.45, 2.75) is 45.6 Å². The van der Waals surface area contributed by atoms with Crippen molar-refractivity contribution in [3.8, 4) is 0 Å². The van der Waals surface area contributed by atoms with Gasteiger partial charge in [-0.2, -0.15) is 0 Å². The van der Waals surface area contributed by atoms with E-state index in [2.05, 4.69) is 15.4 Å². The fourth-order valence-corrected chi connectivity index (χ4v) is 2.36. The Bertz CT molecular complexity index is 404. The lowest BCUT2D eigenvalue weighted by molar-refractivity contribution is -0.154. The van der Waals surface area contributed by atoms with E-state index in [0.29, 0.717) is 19.3 Å². The predicted molar refractivity (Wildman–Crippen MR) is 75.7 cm³/mol. The molecule has 21 heavy (non-hydrogen) atoms. The summed E-state index contributed by atoms with van der Waals surface area (Å²) >= 11 is 0. The van der Waals surface area contributed by atoms with Gasteiger partial charge in [0.1, 0.15) is 6.04 Å². The molecule has 7 heteroatoms. The number of aliphatic carboxylic acids is 1. The average Bonchev–Trinajstić information content (AvgIpc) is 2.34. The van der Waals surface area contributed by atoms with Gasteiger partial charge in [-0.15, -0.1) is 0 Å². The highest BCUT2D eigenvalue weighted by Gasteiger charge is 2.44. The Morgan fingerprint density at radius 2 is 1.90 bits per heavy atom. The van der Waals surface area contributed by atoms with Crippen molar-refractivity contribution < 1.29 is 24.2 Å². The van der Waals surface area contributed by atoms with Gasteiger partial charge < -0.3 is 20.5 Å². The molecule has 0 heterocycles. The van der Waals surface area contributed by atoms with Crippen LogP contribution in [0.1, 0.15) is 39.5 Å². The molecule has 0 radical (unpaired) electrons. The fraction of sp³-hybridized carbons (Fsp3) is 0.786. The van der Waals surface area contributed by atoms with Gasteiger partial charge in [-0.05, 0) is 25.2 Å². The topological polar surface area (TPSA) is 105 Å². The predicted octanol–water partition coefficient (Wildman–Crippen LogP) is 1.13. The number of esters is 1. The van der Waals surface area contributed by atoms with Crippen LogP contribution in [0.3, 0.4) is 0 Å². The minimum Gasteiger partial charge on any atom is -0.481 e. The summed E-state index contributed by atoms with van der Waals surface area (Å²) in [5.41, 5.74) is -0.851. The maximum Gasteiger partial charge on any atom is 0.328 e. The second-order valence-corrected chi connectivity index (χ2v) is 5.97. The van der Waals surface area contributed by atoms with Crippen LogP contribution in [0.5, 0.6) is 0 Å². The number of ether oxygens (including phenoxy) is 1. The number of hydrogen-bond donors (Lipinski definition) is 3. The van der Waals surface area contributed by atoms with E-state index in [1.54, 1.807) is 0 Å². The van der Waals surface area contributed by atoms with Crippen molar-refractivity contribution in [1.29, 1.82) is 0 Å². The van der Waals surface area contributed by atoms with Crippen LogP contribution in [0.2, 0.25) is 0 Å². The monoisotopic (exact) mass is 300 g/mol. The van der Waals surface area contributed by atoms with Crippen LogP contribution in [0.15, 0.2) is 0 Å². The lowest BCUT2D eigenvalue weighted by Gasteiger charge is -2.37. The average molecular weight is 300 g/mol. The van der Waals surface area contributed by atoms with Crippen molar-refractivity contribution in [2.24, 2.45) is 11.3 Å². The molecule has 0 saturated heterocycles. The van der Waals surface area contributed by atoms with E-state index in [0.717, 1.165) is 6.42 Å². The van der Waals surface area contributed by atoms with E-state index in [4.69, 9.17) is 0 Å². The molecule has 7 nitrogen and oxygen atoms in total. The van der Waals surface area contributed by atoms with Crippen molar-refractivity contribution >= 4 is 18.0 Å². The van der Waals surface area contributed by atoms with Gasteiger partial charge >= 0.3 is 18.0 Å². The van der Waals surface area contributed by atoms with Crippen LogP contribution in [-0.4, -0.2) is 42.8 Å². The Hall–Kier alpha value is -1.79. The summed E-state index contributed by atoms with van der Waals surface area (Å²) in [5, 5.41) is 14.3. The first-order chi connectivity index (χ1) is 9.80. The van der Waals surface area contributed by atoms with Crippen molar-refractivity contribution in [3.05, 3.63) is 0 Å². The number of amides is 2. The molecular formula is C14H24N2O5. The number of urea groups is 1. The fourth-order valence-electron chi connectivity index (χ4n) is 2.36. The largest absolute Gasteiger partial charge is 0.481 e. The summed E-state index contributed by atoms with van der Waals surface area (Å²) in [6, 6.07) is -1.27. The lowest BCUT2D eigenvalue weighted by Crippen LogP contribution is -2.52. The Balaban J connectivity index is 2.50. The number of hydrogen-bond acceptors (Lipinski definition) is 4. The second kappa shape index (κ2) is 7.28. The molecule has 2 amide bonds. The molecule has 0 bridgehead atoms. The minimum atomic E-state index is -0.888. The van der Waals surface area contributed by atoms with Gasteiger partial charge in [-0.1, -0.05) is 20.3 Å². The molecule has 0 aromatic heterocycles. The first-order valence-corrected chi connectivity index (χ1v) is 7.16. The third-order valence-corrected chi connectivity index (χ3v) is 3.85. The lowest BCUT2D eigenvalue weighted by atomic mass is 9.69. The number of nitrogens with one attached hydrogen (secondary N) is 2.